The number of carbonyl (C=O) groups is 2. The summed E-state index contributed by atoms with van der Waals surface area (Å²) in [4.78, 5) is 29.6. The maximum absolute atomic E-state index is 12.7. The van der Waals surface area contributed by atoms with E-state index in [4.69, 9.17) is 4.74 Å². The molecule has 0 unspecified atom stereocenters. The van der Waals surface area contributed by atoms with Crippen molar-refractivity contribution in [3.8, 4) is 10.6 Å². The van der Waals surface area contributed by atoms with Gasteiger partial charge in [0, 0.05) is 5.56 Å². The minimum atomic E-state index is -0.549. The average molecular weight is 417 g/mol. The number of esters is 1. The van der Waals surface area contributed by atoms with Crippen LogP contribution in [0.4, 0.5) is 0 Å². The van der Waals surface area contributed by atoms with Crippen molar-refractivity contribution in [1.29, 1.82) is 0 Å². The summed E-state index contributed by atoms with van der Waals surface area (Å²) in [7, 11) is 0. The van der Waals surface area contributed by atoms with E-state index >= 15 is 0 Å². The van der Waals surface area contributed by atoms with Crippen LogP contribution in [-0.4, -0.2) is 23.5 Å². The van der Waals surface area contributed by atoms with Crippen LogP contribution in [0.25, 0.3) is 20.8 Å². The number of rotatable bonds is 6. The van der Waals surface area contributed by atoms with Crippen molar-refractivity contribution in [1.82, 2.24) is 10.3 Å². The molecule has 150 valence electrons. The van der Waals surface area contributed by atoms with E-state index in [9.17, 15) is 9.59 Å². The van der Waals surface area contributed by atoms with Crippen molar-refractivity contribution in [3.63, 3.8) is 0 Å². The first-order chi connectivity index (χ1) is 14.6. The second-order valence-corrected chi connectivity index (χ2v) is 7.84. The molecule has 1 atom stereocenters. The number of hydrogen-bond acceptors (Lipinski definition) is 5. The molecule has 5 nitrogen and oxygen atoms in total. The summed E-state index contributed by atoms with van der Waals surface area (Å²) in [6.45, 7) is 1.54. The highest BCUT2D eigenvalue weighted by Gasteiger charge is 2.18. The predicted molar refractivity (Wildman–Crippen MR) is 118 cm³/mol. The van der Waals surface area contributed by atoms with Gasteiger partial charge in [-0.3, -0.25) is 4.79 Å². The normalized spacial score (nSPS) is 11.8. The molecule has 1 aromatic heterocycles. The summed E-state index contributed by atoms with van der Waals surface area (Å²) in [5.41, 5.74) is 2.95. The van der Waals surface area contributed by atoms with Crippen LogP contribution in [0.15, 0.2) is 78.9 Å². The lowest BCUT2D eigenvalue weighted by Gasteiger charge is -2.14. The summed E-state index contributed by atoms with van der Waals surface area (Å²) in [6.07, 6.45) is 0. The molecule has 0 aliphatic rings. The fraction of sp³-hybridized carbons (Fsp3) is 0.125. The van der Waals surface area contributed by atoms with Crippen molar-refractivity contribution in [3.05, 3.63) is 90.0 Å². The number of nitrogens with zero attached hydrogens (tertiary/aromatic N) is 1. The third-order valence-corrected chi connectivity index (χ3v) is 5.75. The zero-order chi connectivity index (χ0) is 20.9. The molecule has 3 aromatic carbocycles. The van der Waals surface area contributed by atoms with Crippen molar-refractivity contribution in [2.75, 3.05) is 6.61 Å². The maximum Gasteiger partial charge on any atom is 0.339 e. The first kappa shape index (κ1) is 19.8. The highest BCUT2D eigenvalue weighted by atomic mass is 32.1. The summed E-state index contributed by atoms with van der Waals surface area (Å²) >= 11 is 1.51. The van der Waals surface area contributed by atoms with Crippen LogP contribution in [0.2, 0.25) is 0 Å². The zero-order valence-corrected chi connectivity index (χ0v) is 17.2. The number of carbonyl (C=O) groups excluding carboxylic acids is 2. The van der Waals surface area contributed by atoms with E-state index in [0.29, 0.717) is 11.1 Å². The van der Waals surface area contributed by atoms with Gasteiger partial charge in [0.2, 0.25) is 0 Å². The Balaban J connectivity index is 1.44. The monoisotopic (exact) mass is 416 g/mol. The van der Waals surface area contributed by atoms with Gasteiger partial charge < -0.3 is 10.1 Å². The van der Waals surface area contributed by atoms with Gasteiger partial charge in [-0.25, -0.2) is 9.78 Å². The number of hydrogen-bond donors (Lipinski definition) is 1. The van der Waals surface area contributed by atoms with E-state index in [2.05, 4.69) is 10.3 Å². The fourth-order valence-corrected chi connectivity index (χ4v) is 4.16. The minimum absolute atomic E-state index is 0.174. The second kappa shape index (κ2) is 8.88. The Hall–Kier alpha value is -3.51. The standard InChI is InChI=1S/C24H20N2O3S/c1-16(17-9-3-2-4-10-17)25-22(27)15-29-24(28)19-12-6-5-11-18(19)23-26-20-13-7-8-14-21(20)30-23/h2-14,16H,15H2,1H3,(H,25,27)/t16-/m1/s1. The van der Waals surface area contributed by atoms with Gasteiger partial charge in [-0.15, -0.1) is 11.3 Å². The number of aromatic nitrogens is 1. The first-order valence-corrected chi connectivity index (χ1v) is 10.4. The summed E-state index contributed by atoms with van der Waals surface area (Å²) < 4.78 is 6.33. The molecular formula is C24H20N2O3S. The van der Waals surface area contributed by atoms with Crippen molar-refractivity contribution >= 4 is 33.4 Å². The maximum atomic E-state index is 12.7. The Morgan fingerprint density at radius 3 is 2.47 bits per heavy atom. The molecule has 4 rings (SSSR count). The third kappa shape index (κ3) is 4.39. The first-order valence-electron chi connectivity index (χ1n) is 9.58. The van der Waals surface area contributed by atoms with E-state index in [-0.39, 0.29) is 18.6 Å². The van der Waals surface area contributed by atoms with Crippen molar-refractivity contribution in [2.45, 2.75) is 13.0 Å². The lowest BCUT2D eigenvalue weighted by Crippen LogP contribution is -2.31. The number of fused-ring (bicyclic) bond motifs is 1. The van der Waals surface area contributed by atoms with E-state index in [1.54, 1.807) is 12.1 Å². The van der Waals surface area contributed by atoms with Crippen LogP contribution >= 0.6 is 11.3 Å². The summed E-state index contributed by atoms with van der Waals surface area (Å²) in [5, 5.41) is 3.58. The van der Waals surface area contributed by atoms with Crippen LogP contribution in [-0.2, 0) is 9.53 Å². The lowest BCUT2D eigenvalue weighted by atomic mass is 10.1. The average Bonchev–Trinajstić information content (AvgIpc) is 3.22. The number of thiazole rings is 1. The van der Waals surface area contributed by atoms with Crippen LogP contribution in [0, 0.1) is 0 Å². The quantitative estimate of drug-likeness (QED) is 0.449. The van der Waals surface area contributed by atoms with Crippen LogP contribution in [0.3, 0.4) is 0 Å². The summed E-state index contributed by atoms with van der Waals surface area (Å²) in [6, 6.07) is 24.4. The smallest absolute Gasteiger partial charge is 0.339 e. The van der Waals surface area contributed by atoms with Crippen LogP contribution < -0.4 is 5.32 Å². The molecule has 0 radical (unpaired) electrons. The van der Waals surface area contributed by atoms with E-state index < -0.39 is 5.97 Å². The van der Waals surface area contributed by atoms with Crippen molar-refractivity contribution < 1.29 is 14.3 Å². The van der Waals surface area contributed by atoms with E-state index in [1.165, 1.54) is 11.3 Å². The number of ether oxygens (including phenoxy) is 1. The molecule has 0 aliphatic heterocycles. The number of para-hydroxylation sites is 1. The molecule has 1 amide bonds. The van der Waals surface area contributed by atoms with Gasteiger partial charge in [0.15, 0.2) is 6.61 Å². The van der Waals surface area contributed by atoms with E-state index in [1.807, 2.05) is 73.7 Å². The number of amides is 1. The van der Waals surface area contributed by atoms with Gasteiger partial charge in [0.05, 0.1) is 21.8 Å². The molecule has 30 heavy (non-hydrogen) atoms. The van der Waals surface area contributed by atoms with Gasteiger partial charge >= 0.3 is 5.97 Å². The third-order valence-electron chi connectivity index (χ3n) is 4.68. The Morgan fingerprint density at radius 1 is 0.967 bits per heavy atom. The van der Waals surface area contributed by atoms with E-state index in [0.717, 1.165) is 20.8 Å². The second-order valence-electron chi connectivity index (χ2n) is 6.81. The number of benzene rings is 3. The molecular weight excluding hydrogens is 396 g/mol. The Morgan fingerprint density at radius 2 is 1.67 bits per heavy atom. The minimum Gasteiger partial charge on any atom is -0.452 e. The van der Waals surface area contributed by atoms with Gasteiger partial charge in [-0.2, -0.15) is 0 Å². The van der Waals surface area contributed by atoms with Crippen LogP contribution in [0.5, 0.6) is 0 Å². The molecule has 0 aliphatic carbocycles. The summed E-state index contributed by atoms with van der Waals surface area (Å²) in [5.74, 6) is -0.899. The van der Waals surface area contributed by atoms with Crippen molar-refractivity contribution in [2.24, 2.45) is 0 Å². The predicted octanol–water partition coefficient (Wildman–Crippen LogP) is 5.00. The SMILES string of the molecule is C[C@@H](NC(=O)COC(=O)c1ccccc1-c1nc2ccccc2s1)c1ccccc1. The Labute approximate surface area is 178 Å². The molecule has 6 heteroatoms. The number of nitrogens with one attached hydrogen (secondary N) is 1. The Bertz CT molecular complexity index is 1150. The molecule has 0 saturated heterocycles. The molecule has 0 saturated carbocycles. The molecule has 0 fully saturated rings. The highest BCUT2D eigenvalue weighted by molar-refractivity contribution is 7.21. The van der Waals surface area contributed by atoms with Crippen LogP contribution in [0.1, 0.15) is 28.9 Å². The van der Waals surface area contributed by atoms with Gasteiger partial charge in [0.25, 0.3) is 5.91 Å². The molecule has 0 bridgehead atoms. The molecule has 4 aromatic rings. The largest absolute Gasteiger partial charge is 0.452 e. The van der Waals surface area contributed by atoms with Gasteiger partial charge in [0.1, 0.15) is 5.01 Å². The zero-order valence-electron chi connectivity index (χ0n) is 16.4. The Kier molecular flexibility index (Phi) is 5.86. The van der Waals surface area contributed by atoms with Gasteiger partial charge in [-0.1, -0.05) is 60.7 Å². The molecule has 1 heterocycles. The highest BCUT2D eigenvalue weighted by Crippen LogP contribution is 2.32. The fourth-order valence-electron chi connectivity index (χ4n) is 3.15. The van der Waals surface area contributed by atoms with Gasteiger partial charge in [-0.05, 0) is 30.7 Å². The molecule has 1 N–H and O–H groups in total. The lowest BCUT2D eigenvalue weighted by molar-refractivity contribution is -0.124. The topological polar surface area (TPSA) is 68.3 Å². The molecule has 0 spiro atoms.